The SMILES string of the molecule is CCCCN(CCCC)c1ccc(/C=N/N=C(N)N)cc1.Cl. The number of hydrogen-bond donors (Lipinski definition) is 2. The maximum absolute atomic E-state index is 5.22. The van der Waals surface area contributed by atoms with Gasteiger partial charge in [0.15, 0.2) is 0 Å². The van der Waals surface area contributed by atoms with Gasteiger partial charge in [-0.05, 0) is 30.5 Å². The standard InChI is InChI=1S/C16H27N5.ClH/c1-3-5-11-21(12-6-4-2)15-9-7-14(8-10-15)13-19-20-16(17)18;/h7-10,13H,3-6,11-12H2,1-2H3,(H4,17,18,20);1H/b19-13+;. The number of anilines is 1. The zero-order valence-corrected chi connectivity index (χ0v) is 14.4. The average Bonchev–Trinajstić information content (AvgIpc) is 2.48. The molecule has 0 aromatic heterocycles. The molecule has 0 saturated heterocycles. The quantitative estimate of drug-likeness (QED) is 0.416. The van der Waals surface area contributed by atoms with Gasteiger partial charge in [0.25, 0.3) is 0 Å². The van der Waals surface area contributed by atoms with Crippen molar-refractivity contribution >= 4 is 30.3 Å². The second kappa shape index (κ2) is 11.9. The van der Waals surface area contributed by atoms with E-state index >= 15 is 0 Å². The Hall–Kier alpha value is -1.75. The molecular weight excluding hydrogens is 298 g/mol. The first-order valence-electron chi connectivity index (χ1n) is 7.64. The van der Waals surface area contributed by atoms with Gasteiger partial charge in [-0.1, -0.05) is 38.8 Å². The van der Waals surface area contributed by atoms with Gasteiger partial charge in [-0.2, -0.15) is 5.10 Å². The molecule has 5 nitrogen and oxygen atoms in total. The fraction of sp³-hybridized carbons (Fsp3) is 0.500. The van der Waals surface area contributed by atoms with E-state index < -0.39 is 0 Å². The van der Waals surface area contributed by atoms with Gasteiger partial charge < -0.3 is 16.4 Å². The summed E-state index contributed by atoms with van der Waals surface area (Å²) in [4.78, 5) is 2.45. The summed E-state index contributed by atoms with van der Waals surface area (Å²) >= 11 is 0. The lowest BCUT2D eigenvalue weighted by Gasteiger charge is -2.24. The fourth-order valence-corrected chi connectivity index (χ4v) is 2.00. The highest BCUT2D eigenvalue weighted by atomic mass is 35.5. The Balaban J connectivity index is 0.00000441. The van der Waals surface area contributed by atoms with Crippen LogP contribution >= 0.6 is 12.4 Å². The highest BCUT2D eigenvalue weighted by Crippen LogP contribution is 2.16. The van der Waals surface area contributed by atoms with E-state index in [1.165, 1.54) is 31.4 Å². The van der Waals surface area contributed by atoms with Crippen molar-refractivity contribution in [3.63, 3.8) is 0 Å². The first-order valence-corrected chi connectivity index (χ1v) is 7.64. The van der Waals surface area contributed by atoms with Crippen LogP contribution in [-0.4, -0.2) is 25.3 Å². The van der Waals surface area contributed by atoms with Crippen LogP contribution < -0.4 is 16.4 Å². The highest BCUT2D eigenvalue weighted by Gasteiger charge is 2.05. The largest absolute Gasteiger partial charge is 0.372 e. The third-order valence-electron chi connectivity index (χ3n) is 3.20. The summed E-state index contributed by atoms with van der Waals surface area (Å²) in [5, 5.41) is 7.40. The van der Waals surface area contributed by atoms with Gasteiger partial charge in [-0.3, -0.25) is 0 Å². The van der Waals surface area contributed by atoms with Gasteiger partial charge in [0.05, 0.1) is 6.21 Å². The molecule has 0 aliphatic rings. The second-order valence-corrected chi connectivity index (χ2v) is 5.06. The molecule has 0 unspecified atom stereocenters. The molecule has 4 N–H and O–H groups in total. The molecule has 0 heterocycles. The first-order chi connectivity index (χ1) is 10.2. The van der Waals surface area contributed by atoms with Gasteiger partial charge in [-0.15, -0.1) is 17.5 Å². The first kappa shape index (κ1) is 20.2. The van der Waals surface area contributed by atoms with Gasteiger partial charge in [-0.25, -0.2) is 0 Å². The van der Waals surface area contributed by atoms with Gasteiger partial charge in [0, 0.05) is 18.8 Å². The Kier molecular flexibility index (Phi) is 10.9. The maximum atomic E-state index is 5.22. The van der Waals surface area contributed by atoms with Crippen LogP contribution in [0.25, 0.3) is 0 Å². The molecule has 0 saturated carbocycles. The van der Waals surface area contributed by atoms with Crippen molar-refractivity contribution in [1.29, 1.82) is 0 Å². The van der Waals surface area contributed by atoms with Crippen molar-refractivity contribution in [3.8, 4) is 0 Å². The van der Waals surface area contributed by atoms with Gasteiger partial charge >= 0.3 is 0 Å². The monoisotopic (exact) mass is 325 g/mol. The molecule has 124 valence electrons. The summed E-state index contributed by atoms with van der Waals surface area (Å²) in [5.74, 6) is -0.0341. The van der Waals surface area contributed by atoms with Crippen molar-refractivity contribution in [3.05, 3.63) is 29.8 Å². The third kappa shape index (κ3) is 7.88. The molecule has 0 fully saturated rings. The minimum atomic E-state index is -0.0341. The number of unbranched alkanes of at least 4 members (excludes halogenated alkanes) is 2. The lowest BCUT2D eigenvalue weighted by atomic mass is 10.2. The zero-order valence-electron chi connectivity index (χ0n) is 13.5. The van der Waals surface area contributed by atoms with E-state index in [2.05, 4.69) is 41.1 Å². The van der Waals surface area contributed by atoms with Crippen molar-refractivity contribution in [2.45, 2.75) is 39.5 Å². The van der Waals surface area contributed by atoms with E-state index in [1.54, 1.807) is 6.21 Å². The molecule has 6 heteroatoms. The van der Waals surface area contributed by atoms with Crippen LogP contribution in [0.1, 0.15) is 45.1 Å². The van der Waals surface area contributed by atoms with Gasteiger partial charge in [0.1, 0.15) is 0 Å². The number of nitrogens with zero attached hydrogens (tertiary/aromatic N) is 3. The molecule has 0 amide bonds. The Morgan fingerprint density at radius 2 is 1.59 bits per heavy atom. The second-order valence-electron chi connectivity index (χ2n) is 5.06. The predicted octanol–water partition coefficient (Wildman–Crippen LogP) is 3.12. The summed E-state index contributed by atoms with van der Waals surface area (Å²) in [6.07, 6.45) is 6.51. The summed E-state index contributed by atoms with van der Waals surface area (Å²) in [5.41, 5.74) is 12.7. The average molecular weight is 326 g/mol. The predicted molar refractivity (Wildman–Crippen MR) is 99.1 cm³/mol. The number of halogens is 1. The third-order valence-corrected chi connectivity index (χ3v) is 3.20. The Morgan fingerprint density at radius 1 is 1.05 bits per heavy atom. The molecule has 0 bridgehead atoms. The smallest absolute Gasteiger partial charge is 0.211 e. The van der Waals surface area contributed by atoms with Crippen molar-refractivity contribution in [2.24, 2.45) is 21.7 Å². The minimum absolute atomic E-state index is 0. The Morgan fingerprint density at radius 3 is 2.05 bits per heavy atom. The van der Waals surface area contributed by atoms with Crippen molar-refractivity contribution in [1.82, 2.24) is 0 Å². The maximum Gasteiger partial charge on any atom is 0.211 e. The molecule has 0 atom stereocenters. The molecule has 22 heavy (non-hydrogen) atoms. The van der Waals surface area contributed by atoms with Crippen LogP contribution in [0.5, 0.6) is 0 Å². The van der Waals surface area contributed by atoms with Crippen molar-refractivity contribution in [2.75, 3.05) is 18.0 Å². The van der Waals surface area contributed by atoms with E-state index in [1.807, 2.05) is 12.1 Å². The van der Waals surface area contributed by atoms with E-state index in [-0.39, 0.29) is 18.4 Å². The molecule has 1 aromatic carbocycles. The summed E-state index contributed by atoms with van der Waals surface area (Å²) in [6.45, 7) is 6.67. The number of rotatable bonds is 9. The minimum Gasteiger partial charge on any atom is -0.372 e. The lowest BCUT2D eigenvalue weighted by Crippen LogP contribution is -2.25. The number of hydrogen-bond acceptors (Lipinski definition) is 3. The van der Waals surface area contributed by atoms with E-state index in [9.17, 15) is 0 Å². The fourth-order valence-electron chi connectivity index (χ4n) is 2.00. The van der Waals surface area contributed by atoms with Gasteiger partial charge in [0.2, 0.25) is 5.96 Å². The summed E-state index contributed by atoms with van der Waals surface area (Å²) < 4.78 is 0. The molecule has 1 rings (SSSR count). The van der Waals surface area contributed by atoms with Crippen LogP contribution in [0.4, 0.5) is 5.69 Å². The topological polar surface area (TPSA) is 80.0 Å². The van der Waals surface area contributed by atoms with E-state index in [0.29, 0.717) is 0 Å². The number of nitrogens with two attached hydrogens (primary N) is 2. The normalized spacial score (nSPS) is 10.3. The van der Waals surface area contributed by atoms with Crippen LogP contribution in [0.2, 0.25) is 0 Å². The summed E-state index contributed by atoms with van der Waals surface area (Å²) in [7, 11) is 0. The number of guanidine groups is 1. The van der Waals surface area contributed by atoms with E-state index in [0.717, 1.165) is 18.7 Å². The summed E-state index contributed by atoms with van der Waals surface area (Å²) in [6, 6.07) is 8.32. The van der Waals surface area contributed by atoms with Crippen LogP contribution in [0.3, 0.4) is 0 Å². The molecule has 0 radical (unpaired) electrons. The zero-order chi connectivity index (χ0) is 15.5. The highest BCUT2D eigenvalue weighted by molar-refractivity contribution is 5.85. The number of benzene rings is 1. The Bertz CT molecular complexity index is 444. The molecule has 0 aliphatic heterocycles. The molecule has 0 aliphatic carbocycles. The molecular formula is C16H28ClN5. The van der Waals surface area contributed by atoms with E-state index in [4.69, 9.17) is 11.5 Å². The lowest BCUT2D eigenvalue weighted by molar-refractivity contribution is 0.678. The van der Waals surface area contributed by atoms with Crippen molar-refractivity contribution < 1.29 is 0 Å². The molecule has 0 spiro atoms. The molecule has 1 aromatic rings. The van der Waals surface area contributed by atoms with Crippen LogP contribution in [0, 0.1) is 0 Å². The Labute approximate surface area is 139 Å². The van der Waals surface area contributed by atoms with Crippen LogP contribution in [0.15, 0.2) is 34.5 Å². The van der Waals surface area contributed by atoms with Crippen LogP contribution in [-0.2, 0) is 0 Å².